The fraction of sp³-hybridized carbons (Fsp3) is 0.471. The van der Waals surface area contributed by atoms with Gasteiger partial charge >= 0.3 is 0 Å². The third kappa shape index (κ3) is 2.37. The largest absolute Gasteiger partial charge is 0.310 e. The standard InChI is InChI=1S/C17H22N2/c1-4-18-16(14-11-17(14,2)3)13-8-7-12-6-5-9-19-15(12)10-13/h5-10,14,16,18H,4,11H2,1-3H3. The fourth-order valence-corrected chi connectivity index (χ4v) is 3.07. The van der Waals surface area contributed by atoms with Crippen LogP contribution in [-0.4, -0.2) is 11.5 Å². The van der Waals surface area contributed by atoms with Crippen molar-refractivity contribution in [2.45, 2.75) is 33.2 Å². The van der Waals surface area contributed by atoms with Gasteiger partial charge in [-0.05, 0) is 42.0 Å². The lowest BCUT2D eigenvalue weighted by Crippen LogP contribution is -2.24. The molecule has 1 aromatic carbocycles. The predicted octanol–water partition coefficient (Wildman–Crippen LogP) is 3.93. The summed E-state index contributed by atoms with van der Waals surface area (Å²) < 4.78 is 0. The van der Waals surface area contributed by atoms with Crippen molar-refractivity contribution in [2.24, 2.45) is 11.3 Å². The number of hydrogen-bond donors (Lipinski definition) is 1. The number of hydrogen-bond acceptors (Lipinski definition) is 2. The summed E-state index contributed by atoms with van der Waals surface area (Å²) in [6.45, 7) is 7.92. The molecular weight excluding hydrogens is 232 g/mol. The zero-order chi connectivity index (χ0) is 13.5. The van der Waals surface area contributed by atoms with E-state index in [4.69, 9.17) is 0 Å². The van der Waals surface area contributed by atoms with E-state index >= 15 is 0 Å². The summed E-state index contributed by atoms with van der Waals surface area (Å²) in [5.74, 6) is 0.744. The van der Waals surface area contributed by atoms with E-state index in [1.165, 1.54) is 17.4 Å². The molecule has 1 saturated carbocycles. The van der Waals surface area contributed by atoms with Crippen LogP contribution in [-0.2, 0) is 0 Å². The minimum atomic E-state index is 0.464. The zero-order valence-corrected chi connectivity index (χ0v) is 12.0. The van der Waals surface area contributed by atoms with Crippen molar-refractivity contribution in [3.05, 3.63) is 42.1 Å². The Bertz CT molecular complexity index is 589. The van der Waals surface area contributed by atoms with Crippen LogP contribution in [0.4, 0.5) is 0 Å². The topological polar surface area (TPSA) is 24.9 Å². The van der Waals surface area contributed by atoms with Gasteiger partial charge in [0.2, 0.25) is 0 Å². The van der Waals surface area contributed by atoms with Gasteiger partial charge < -0.3 is 5.32 Å². The maximum absolute atomic E-state index is 4.47. The van der Waals surface area contributed by atoms with E-state index in [9.17, 15) is 0 Å². The minimum Gasteiger partial charge on any atom is -0.310 e. The van der Waals surface area contributed by atoms with Crippen molar-refractivity contribution < 1.29 is 0 Å². The van der Waals surface area contributed by atoms with Crippen LogP contribution in [0.1, 0.15) is 38.8 Å². The van der Waals surface area contributed by atoms with Gasteiger partial charge in [0.1, 0.15) is 0 Å². The molecule has 19 heavy (non-hydrogen) atoms. The van der Waals surface area contributed by atoms with E-state index in [2.05, 4.69) is 55.3 Å². The van der Waals surface area contributed by atoms with Gasteiger partial charge in [0.15, 0.2) is 0 Å². The van der Waals surface area contributed by atoms with Crippen LogP contribution in [0.15, 0.2) is 36.5 Å². The van der Waals surface area contributed by atoms with Crippen LogP contribution in [0.3, 0.4) is 0 Å². The van der Waals surface area contributed by atoms with Crippen molar-refractivity contribution in [3.63, 3.8) is 0 Å². The van der Waals surface area contributed by atoms with Crippen LogP contribution >= 0.6 is 0 Å². The number of benzene rings is 1. The average molecular weight is 254 g/mol. The molecule has 0 amide bonds. The van der Waals surface area contributed by atoms with Gasteiger partial charge in [-0.15, -0.1) is 0 Å². The smallest absolute Gasteiger partial charge is 0.0705 e. The fourth-order valence-electron chi connectivity index (χ4n) is 3.07. The van der Waals surface area contributed by atoms with Crippen LogP contribution in [0.5, 0.6) is 0 Å². The van der Waals surface area contributed by atoms with E-state index in [0.717, 1.165) is 18.0 Å². The summed E-state index contributed by atoms with van der Waals surface area (Å²) in [6, 6.07) is 11.3. The molecule has 0 aliphatic heterocycles. The molecular formula is C17H22N2. The van der Waals surface area contributed by atoms with E-state index in [0.29, 0.717) is 11.5 Å². The van der Waals surface area contributed by atoms with Gasteiger partial charge in [-0.2, -0.15) is 0 Å². The lowest BCUT2D eigenvalue weighted by atomic mass is 9.96. The Labute approximate surface area is 115 Å². The van der Waals surface area contributed by atoms with Crippen LogP contribution in [0.25, 0.3) is 10.9 Å². The summed E-state index contributed by atoms with van der Waals surface area (Å²) >= 11 is 0. The third-order valence-corrected chi connectivity index (χ3v) is 4.41. The molecule has 2 unspecified atom stereocenters. The first-order chi connectivity index (χ1) is 9.12. The molecule has 100 valence electrons. The molecule has 1 fully saturated rings. The Morgan fingerprint density at radius 1 is 1.37 bits per heavy atom. The zero-order valence-electron chi connectivity index (χ0n) is 12.0. The van der Waals surface area contributed by atoms with Crippen molar-refractivity contribution in [1.82, 2.24) is 10.3 Å². The van der Waals surface area contributed by atoms with Crippen LogP contribution < -0.4 is 5.32 Å². The number of rotatable bonds is 4. The molecule has 0 bridgehead atoms. The highest BCUT2D eigenvalue weighted by molar-refractivity contribution is 5.79. The SMILES string of the molecule is CCNC(c1ccc2cccnc2c1)C1CC1(C)C. The van der Waals surface area contributed by atoms with Gasteiger partial charge in [0.05, 0.1) is 5.52 Å². The highest BCUT2D eigenvalue weighted by Gasteiger charge is 2.50. The lowest BCUT2D eigenvalue weighted by molar-refractivity contribution is 0.424. The first-order valence-electron chi connectivity index (χ1n) is 7.20. The molecule has 2 nitrogen and oxygen atoms in total. The molecule has 1 aliphatic carbocycles. The average Bonchev–Trinajstić information content (AvgIpc) is 3.04. The quantitative estimate of drug-likeness (QED) is 0.894. The monoisotopic (exact) mass is 254 g/mol. The molecule has 1 aliphatic rings. The van der Waals surface area contributed by atoms with Crippen molar-refractivity contribution in [1.29, 1.82) is 0 Å². The van der Waals surface area contributed by atoms with Gasteiger partial charge in [-0.3, -0.25) is 4.98 Å². The van der Waals surface area contributed by atoms with E-state index < -0.39 is 0 Å². The molecule has 2 heteroatoms. The second-order valence-electron chi connectivity index (χ2n) is 6.29. The highest BCUT2D eigenvalue weighted by Crippen LogP contribution is 2.57. The van der Waals surface area contributed by atoms with Gasteiger partial charge in [0, 0.05) is 17.6 Å². The summed E-state index contributed by atoms with van der Waals surface area (Å²) in [5.41, 5.74) is 2.95. The number of pyridine rings is 1. The Hall–Kier alpha value is -1.41. The number of nitrogens with one attached hydrogen (secondary N) is 1. The molecule has 0 spiro atoms. The van der Waals surface area contributed by atoms with Crippen molar-refractivity contribution >= 4 is 10.9 Å². The van der Waals surface area contributed by atoms with Crippen LogP contribution in [0.2, 0.25) is 0 Å². The minimum absolute atomic E-state index is 0.464. The number of nitrogens with zero attached hydrogens (tertiary/aromatic N) is 1. The molecule has 2 aromatic rings. The Morgan fingerprint density at radius 2 is 2.16 bits per heavy atom. The van der Waals surface area contributed by atoms with Crippen molar-refractivity contribution in [2.75, 3.05) is 6.54 Å². The maximum Gasteiger partial charge on any atom is 0.0705 e. The third-order valence-electron chi connectivity index (χ3n) is 4.41. The second kappa shape index (κ2) is 4.61. The summed E-state index contributed by atoms with van der Waals surface area (Å²) in [7, 11) is 0. The highest BCUT2D eigenvalue weighted by atomic mass is 14.9. The van der Waals surface area contributed by atoms with E-state index in [-0.39, 0.29) is 0 Å². The molecule has 2 atom stereocenters. The maximum atomic E-state index is 4.47. The molecule has 0 saturated heterocycles. The molecule has 3 rings (SSSR count). The summed E-state index contributed by atoms with van der Waals surface area (Å²) in [6.07, 6.45) is 3.18. The van der Waals surface area contributed by atoms with Gasteiger partial charge in [-0.1, -0.05) is 39.0 Å². The number of aromatic nitrogens is 1. The Balaban J connectivity index is 1.96. The van der Waals surface area contributed by atoms with Crippen molar-refractivity contribution in [3.8, 4) is 0 Å². The number of fused-ring (bicyclic) bond motifs is 1. The molecule has 1 N–H and O–H groups in total. The Morgan fingerprint density at radius 3 is 2.84 bits per heavy atom. The first-order valence-corrected chi connectivity index (χ1v) is 7.20. The van der Waals surface area contributed by atoms with Gasteiger partial charge in [-0.25, -0.2) is 0 Å². The molecule has 1 aromatic heterocycles. The summed E-state index contributed by atoms with van der Waals surface area (Å²) in [5, 5.41) is 4.87. The first kappa shape index (κ1) is 12.6. The molecule has 0 radical (unpaired) electrons. The van der Waals surface area contributed by atoms with Crippen LogP contribution in [0, 0.1) is 11.3 Å². The molecule has 1 heterocycles. The second-order valence-corrected chi connectivity index (χ2v) is 6.29. The van der Waals surface area contributed by atoms with E-state index in [1.807, 2.05) is 12.3 Å². The normalized spacial score (nSPS) is 22.4. The van der Waals surface area contributed by atoms with E-state index in [1.54, 1.807) is 0 Å². The lowest BCUT2D eigenvalue weighted by Gasteiger charge is -2.20. The van der Waals surface area contributed by atoms with Gasteiger partial charge in [0.25, 0.3) is 0 Å². The summed E-state index contributed by atoms with van der Waals surface area (Å²) in [4.78, 5) is 4.47. The predicted molar refractivity (Wildman–Crippen MR) is 80.0 cm³/mol. The Kier molecular flexibility index (Phi) is 3.06.